The van der Waals surface area contributed by atoms with Crippen LogP contribution in [0.1, 0.15) is 36.1 Å². The van der Waals surface area contributed by atoms with Crippen molar-refractivity contribution in [3.05, 3.63) is 89.0 Å². The molecule has 3 aromatic carbocycles. The average Bonchev–Trinajstić information content (AvgIpc) is 3.07. The number of para-hydroxylation sites is 1. The lowest BCUT2D eigenvalue weighted by Crippen LogP contribution is -2.14. The highest BCUT2D eigenvalue weighted by molar-refractivity contribution is 5.99. The highest BCUT2D eigenvalue weighted by Gasteiger charge is 2.40. The van der Waals surface area contributed by atoms with E-state index in [0.717, 1.165) is 0 Å². The van der Waals surface area contributed by atoms with Crippen LogP contribution in [0, 0.1) is 13.8 Å². The summed E-state index contributed by atoms with van der Waals surface area (Å²) in [6, 6.07) is 24.6. The van der Waals surface area contributed by atoms with Gasteiger partial charge in [-0.1, -0.05) is 62.4 Å². The molecule has 1 nitrogen and oxygen atoms in total. The number of aromatic nitrogens is 1. The molecular weight excluding hydrogens is 314 g/mol. The van der Waals surface area contributed by atoms with Crippen LogP contribution in [-0.4, -0.2) is 4.57 Å². The van der Waals surface area contributed by atoms with Gasteiger partial charge in [0.2, 0.25) is 0 Å². The maximum atomic E-state index is 2.47. The van der Waals surface area contributed by atoms with E-state index in [1.54, 1.807) is 0 Å². The largest absolute Gasteiger partial charge is 0.309 e. The molecule has 0 fully saturated rings. The van der Waals surface area contributed by atoms with Gasteiger partial charge in [-0.3, -0.25) is 0 Å². The van der Waals surface area contributed by atoms with Crippen LogP contribution in [0.15, 0.2) is 66.7 Å². The summed E-state index contributed by atoms with van der Waals surface area (Å²) in [5, 5.41) is 1.36. The standard InChI is InChI=1S/C25H23N/c1-16-13-17(2)15-18(14-16)26-22-12-8-6-10-20(22)23-24(26)19-9-5-7-11-21(19)25(23,3)4/h5-15H,1-4H3. The number of aryl methyl sites for hydroxylation is 2. The summed E-state index contributed by atoms with van der Waals surface area (Å²) >= 11 is 0. The van der Waals surface area contributed by atoms with Crippen LogP contribution in [0.4, 0.5) is 0 Å². The molecule has 0 unspecified atom stereocenters. The van der Waals surface area contributed by atoms with Gasteiger partial charge in [0.05, 0.1) is 11.2 Å². The van der Waals surface area contributed by atoms with Gasteiger partial charge in [0.15, 0.2) is 0 Å². The predicted molar refractivity (Wildman–Crippen MR) is 110 cm³/mol. The first-order valence-corrected chi connectivity index (χ1v) is 9.31. The molecule has 26 heavy (non-hydrogen) atoms. The molecule has 0 amide bonds. The molecule has 5 rings (SSSR count). The predicted octanol–water partition coefficient (Wildman–Crippen LogP) is 6.55. The summed E-state index contributed by atoms with van der Waals surface area (Å²) in [6.07, 6.45) is 0. The van der Waals surface area contributed by atoms with Gasteiger partial charge in [0, 0.05) is 22.1 Å². The second kappa shape index (κ2) is 5.11. The Morgan fingerprint density at radius 3 is 2.19 bits per heavy atom. The van der Waals surface area contributed by atoms with Crippen molar-refractivity contribution < 1.29 is 0 Å². The van der Waals surface area contributed by atoms with Gasteiger partial charge < -0.3 is 4.57 Å². The number of nitrogens with zero attached hydrogens (tertiary/aromatic N) is 1. The quantitative estimate of drug-likeness (QED) is 0.371. The maximum Gasteiger partial charge on any atom is 0.0584 e. The van der Waals surface area contributed by atoms with E-state index in [9.17, 15) is 0 Å². The number of hydrogen-bond acceptors (Lipinski definition) is 0. The van der Waals surface area contributed by atoms with E-state index >= 15 is 0 Å². The molecular formula is C25H23N. The van der Waals surface area contributed by atoms with Crippen LogP contribution in [0.5, 0.6) is 0 Å². The lowest BCUT2D eigenvalue weighted by atomic mass is 9.81. The van der Waals surface area contributed by atoms with E-state index in [-0.39, 0.29) is 5.41 Å². The molecule has 0 aliphatic heterocycles. The zero-order chi connectivity index (χ0) is 18.1. The third kappa shape index (κ3) is 1.92. The van der Waals surface area contributed by atoms with Crippen molar-refractivity contribution in [2.75, 3.05) is 0 Å². The molecule has 0 bridgehead atoms. The maximum absolute atomic E-state index is 2.47. The Morgan fingerprint density at radius 2 is 1.42 bits per heavy atom. The molecule has 0 radical (unpaired) electrons. The first-order valence-electron chi connectivity index (χ1n) is 9.31. The van der Waals surface area contributed by atoms with Crippen molar-refractivity contribution in [3.8, 4) is 16.9 Å². The highest BCUT2D eigenvalue weighted by Crippen LogP contribution is 2.53. The minimum Gasteiger partial charge on any atom is -0.309 e. The molecule has 1 aliphatic carbocycles. The summed E-state index contributed by atoms with van der Waals surface area (Å²) < 4.78 is 2.47. The Hall–Kier alpha value is -2.80. The number of hydrogen-bond donors (Lipinski definition) is 0. The summed E-state index contributed by atoms with van der Waals surface area (Å²) in [4.78, 5) is 0. The van der Waals surface area contributed by atoms with Crippen LogP contribution in [-0.2, 0) is 5.41 Å². The average molecular weight is 337 g/mol. The second-order valence-corrected chi connectivity index (χ2v) is 8.09. The molecule has 1 aliphatic rings. The Balaban J connectivity index is 1.99. The van der Waals surface area contributed by atoms with E-state index < -0.39 is 0 Å². The molecule has 4 aromatic rings. The van der Waals surface area contributed by atoms with Gasteiger partial charge >= 0.3 is 0 Å². The van der Waals surface area contributed by atoms with Crippen LogP contribution in [0.25, 0.3) is 27.8 Å². The van der Waals surface area contributed by atoms with Gasteiger partial charge in [-0.25, -0.2) is 0 Å². The SMILES string of the molecule is Cc1cc(C)cc(-n2c3c(c4ccccc42)C(C)(C)c2ccccc2-3)c1. The van der Waals surface area contributed by atoms with E-state index in [1.165, 1.54) is 50.1 Å². The first kappa shape index (κ1) is 15.5. The number of benzene rings is 3. The third-order valence-corrected chi connectivity index (χ3v) is 5.82. The topological polar surface area (TPSA) is 4.93 Å². The molecule has 0 saturated carbocycles. The first-order chi connectivity index (χ1) is 12.5. The van der Waals surface area contributed by atoms with Crippen molar-refractivity contribution in [3.63, 3.8) is 0 Å². The van der Waals surface area contributed by atoms with Gasteiger partial charge in [0.25, 0.3) is 0 Å². The zero-order valence-corrected chi connectivity index (χ0v) is 15.8. The lowest BCUT2D eigenvalue weighted by Gasteiger charge is -2.21. The fourth-order valence-electron chi connectivity index (χ4n) is 4.84. The summed E-state index contributed by atoms with van der Waals surface area (Å²) in [5.41, 5.74) is 10.8. The molecule has 0 saturated heterocycles. The Morgan fingerprint density at radius 1 is 0.769 bits per heavy atom. The number of rotatable bonds is 1. The minimum atomic E-state index is 0.00957. The monoisotopic (exact) mass is 337 g/mol. The van der Waals surface area contributed by atoms with E-state index in [2.05, 4.69) is 99.0 Å². The molecule has 1 heteroatoms. The summed E-state index contributed by atoms with van der Waals surface area (Å²) in [5.74, 6) is 0. The second-order valence-electron chi connectivity index (χ2n) is 8.09. The van der Waals surface area contributed by atoms with E-state index in [1.807, 2.05) is 0 Å². The summed E-state index contributed by atoms with van der Waals surface area (Å²) in [6.45, 7) is 9.08. The fraction of sp³-hybridized carbons (Fsp3) is 0.200. The molecule has 0 spiro atoms. The third-order valence-electron chi connectivity index (χ3n) is 5.82. The molecule has 1 aromatic heterocycles. The van der Waals surface area contributed by atoms with E-state index in [4.69, 9.17) is 0 Å². The molecule has 0 atom stereocenters. The molecule has 128 valence electrons. The number of fused-ring (bicyclic) bond motifs is 5. The lowest BCUT2D eigenvalue weighted by molar-refractivity contribution is 0.666. The van der Waals surface area contributed by atoms with E-state index in [0.29, 0.717) is 0 Å². The van der Waals surface area contributed by atoms with Gasteiger partial charge in [-0.2, -0.15) is 0 Å². The zero-order valence-electron chi connectivity index (χ0n) is 15.8. The van der Waals surface area contributed by atoms with Crippen LogP contribution >= 0.6 is 0 Å². The fourth-order valence-corrected chi connectivity index (χ4v) is 4.84. The van der Waals surface area contributed by atoms with Gasteiger partial charge in [-0.15, -0.1) is 0 Å². The van der Waals surface area contributed by atoms with Crippen molar-refractivity contribution in [2.24, 2.45) is 0 Å². The van der Waals surface area contributed by atoms with Gasteiger partial charge in [-0.05, 0) is 54.3 Å². The Bertz CT molecular complexity index is 1150. The van der Waals surface area contributed by atoms with Crippen LogP contribution in [0.2, 0.25) is 0 Å². The Kier molecular flexibility index (Phi) is 3.04. The highest BCUT2D eigenvalue weighted by atomic mass is 15.0. The summed E-state index contributed by atoms with van der Waals surface area (Å²) in [7, 11) is 0. The smallest absolute Gasteiger partial charge is 0.0584 e. The van der Waals surface area contributed by atoms with Crippen molar-refractivity contribution >= 4 is 10.9 Å². The van der Waals surface area contributed by atoms with Crippen LogP contribution in [0.3, 0.4) is 0 Å². The molecule has 0 N–H and O–H groups in total. The van der Waals surface area contributed by atoms with Crippen molar-refractivity contribution in [2.45, 2.75) is 33.1 Å². The minimum absolute atomic E-state index is 0.00957. The normalized spacial score (nSPS) is 14.5. The Labute approximate surface area is 154 Å². The van der Waals surface area contributed by atoms with Crippen molar-refractivity contribution in [1.82, 2.24) is 4.57 Å². The van der Waals surface area contributed by atoms with Crippen LogP contribution < -0.4 is 0 Å². The molecule has 1 heterocycles. The van der Waals surface area contributed by atoms with Crippen molar-refractivity contribution in [1.29, 1.82) is 0 Å². The van der Waals surface area contributed by atoms with Gasteiger partial charge in [0.1, 0.15) is 0 Å².